The van der Waals surface area contributed by atoms with Crippen LogP contribution in [0.15, 0.2) is 16.7 Å². The second-order valence-electron chi connectivity index (χ2n) is 4.78. The second kappa shape index (κ2) is 4.29. The zero-order chi connectivity index (χ0) is 11.7. The molecule has 1 fully saturated rings. The van der Waals surface area contributed by atoms with Gasteiger partial charge >= 0.3 is 5.97 Å². The van der Waals surface area contributed by atoms with Gasteiger partial charge in [-0.2, -0.15) is 0 Å². The lowest BCUT2D eigenvalue weighted by atomic mass is 10.3. The molecule has 0 saturated heterocycles. The normalized spacial score (nSPS) is 23.7. The summed E-state index contributed by atoms with van der Waals surface area (Å²) in [6.45, 7) is 3.99. The number of carboxylic acids is 1. The summed E-state index contributed by atoms with van der Waals surface area (Å²) in [5.74, 6) is 1.43. The van der Waals surface area contributed by atoms with Crippen molar-refractivity contribution in [3.63, 3.8) is 0 Å². The maximum atomic E-state index is 10.7. The first-order valence-corrected chi connectivity index (χ1v) is 5.55. The summed E-state index contributed by atoms with van der Waals surface area (Å²) in [5.41, 5.74) is 0.225. The molecule has 1 saturated carbocycles. The molecule has 1 N–H and O–H groups in total. The molecular weight excluding hydrogens is 206 g/mol. The van der Waals surface area contributed by atoms with E-state index in [1.54, 1.807) is 6.07 Å². The number of furan rings is 1. The minimum Gasteiger partial charge on any atom is -0.478 e. The zero-order valence-electron chi connectivity index (χ0n) is 9.64. The third-order valence-electron chi connectivity index (χ3n) is 3.15. The van der Waals surface area contributed by atoms with E-state index in [2.05, 4.69) is 11.8 Å². The molecule has 88 valence electrons. The molecule has 4 nitrogen and oxygen atoms in total. The highest BCUT2D eigenvalue weighted by atomic mass is 16.4. The summed E-state index contributed by atoms with van der Waals surface area (Å²) < 4.78 is 5.20. The molecule has 1 aliphatic rings. The van der Waals surface area contributed by atoms with Crippen molar-refractivity contribution in [2.24, 2.45) is 11.8 Å². The van der Waals surface area contributed by atoms with Crippen LogP contribution in [0.5, 0.6) is 0 Å². The molecule has 0 amide bonds. The smallest absolute Gasteiger partial charge is 0.338 e. The lowest BCUT2D eigenvalue weighted by molar-refractivity contribution is 0.0696. The van der Waals surface area contributed by atoms with Gasteiger partial charge in [0.05, 0.1) is 12.1 Å². The van der Waals surface area contributed by atoms with Crippen LogP contribution < -0.4 is 0 Å². The molecule has 2 unspecified atom stereocenters. The van der Waals surface area contributed by atoms with Crippen molar-refractivity contribution >= 4 is 5.97 Å². The van der Waals surface area contributed by atoms with Crippen LogP contribution in [0.4, 0.5) is 0 Å². The van der Waals surface area contributed by atoms with Gasteiger partial charge in [-0.05, 0) is 31.4 Å². The van der Waals surface area contributed by atoms with Crippen molar-refractivity contribution in [3.05, 3.63) is 23.7 Å². The molecule has 0 aliphatic heterocycles. The predicted molar refractivity (Wildman–Crippen MR) is 59.3 cm³/mol. The first-order valence-electron chi connectivity index (χ1n) is 5.55. The highest BCUT2D eigenvalue weighted by Crippen LogP contribution is 2.38. The number of aromatic carboxylic acids is 1. The molecule has 0 radical (unpaired) electrons. The molecule has 1 aliphatic carbocycles. The van der Waals surface area contributed by atoms with E-state index in [9.17, 15) is 4.79 Å². The van der Waals surface area contributed by atoms with Crippen molar-refractivity contribution in [2.75, 3.05) is 13.6 Å². The van der Waals surface area contributed by atoms with E-state index in [4.69, 9.17) is 9.52 Å². The number of carboxylic acid groups (broad SMARTS) is 1. The Balaban J connectivity index is 1.85. The van der Waals surface area contributed by atoms with Crippen molar-refractivity contribution in [3.8, 4) is 0 Å². The highest BCUT2D eigenvalue weighted by molar-refractivity contribution is 5.87. The Labute approximate surface area is 94.9 Å². The summed E-state index contributed by atoms with van der Waals surface area (Å²) >= 11 is 0. The monoisotopic (exact) mass is 223 g/mol. The molecule has 4 heteroatoms. The largest absolute Gasteiger partial charge is 0.478 e. The fourth-order valence-electron chi connectivity index (χ4n) is 1.96. The fraction of sp³-hybridized carbons (Fsp3) is 0.583. The topological polar surface area (TPSA) is 53.7 Å². The van der Waals surface area contributed by atoms with Crippen LogP contribution in [-0.2, 0) is 6.54 Å². The number of hydrogen-bond acceptors (Lipinski definition) is 3. The summed E-state index contributed by atoms with van der Waals surface area (Å²) in [7, 11) is 2.04. The van der Waals surface area contributed by atoms with Crippen LogP contribution in [0.2, 0.25) is 0 Å². The Bertz CT molecular complexity index is 385. The van der Waals surface area contributed by atoms with E-state index in [1.807, 2.05) is 7.05 Å². The molecule has 0 bridgehead atoms. The summed E-state index contributed by atoms with van der Waals surface area (Å²) in [6.07, 6.45) is 2.61. The SMILES string of the molecule is CC1CC1CN(C)Cc1cc(C(=O)O)co1. The zero-order valence-corrected chi connectivity index (χ0v) is 9.64. The van der Waals surface area contributed by atoms with Gasteiger partial charge in [0.2, 0.25) is 0 Å². The lowest BCUT2D eigenvalue weighted by Crippen LogP contribution is -2.20. The quantitative estimate of drug-likeness (QED) is 0.830. The second-order valence-corrected chi connectivity index (χ2v) is 4.78. The fourth-order valence-corrected chi connectivity index (χ4v) is 1.96. The number of rotatable bonds is 5. The van der Waals surface area contributed by atoms with Crippen molar-refractivity contribution in [1.82, 2.24) is 4.90 Å². The van der Waals surface area contributed by atoms with Crippen LogP contribution in [0, 0.1) is 11.8 Å². The van der Waals surface area contributed by atoms with Gasteiger partial charge in [0.15, 0.2) is 0 Å². The van der Waals surface area contributed by atoms with Crippen molar-refractivity contribution in [1.29, 1.82) is 0 Å². The van der Waals surface area contributed by atoms with E-state index >= 15 is 0 Å². The average Bonchev–Trinajstić information content (AvgIpc) is 2.72. The number of carbonyl (C=O) groups is 1. The van der Waals surface area contributed by atoms with Crippen LogP contribution in [0.1, 0.15) is 29.5 Å². The van der Waals surface area contributed by atoms with Crippen molar-refractivity contribution < 1.29 is 14.3 Å². The molecule has 2 rings (SSSR count). The summed E-state index contributed by atoms with van der Waals surface area (Å²) in [6, 6.07) is 1.59. The Morgan fingerprint density at radius 1 is 1.69 bits per heavy atom. The lowest BCUT2D eigenvalue weighted by Gasteiger charge is -2.14. The molecule has 1 aromatic heterocycles. The third kappa shape index (κ3) is 2.64. The molecule has 1 heterocycles. The molecule has 1 aromatic rings. The number of nitrogens with zero attached hydrogens (tertiary/aromatic N) is 1. The maximum absolute atomic E-state index is 10.7. The first kappa shape index (κ1) is 11.2. The van der Waals surface area contributed by atoms with Gasteiger partial charge in [-0.3, -0.25) is 4.90 Å². The van der Waals surface area contributed by atoms with Gasteiger partial charge in [-0.1, -0.05) is 6.92 Å². The Morgan fingerprint density at radius 3 is 2.88 bits per heavy atom. The van der Waals surface area contributed by atoms with Crippen LogP contribution in [0.25, 0.3) is 0 Å². The maximum Gasteiger partial charge on any atom is 0.338 e. The minimum absolute atomic E-state index is 0.225. The number of hydrogen-bond donors (Lipinski definition) is 1. The van der Waals surface area contributed by atoms with E-state index in [0.717, 1.165) is 18.4 Å². The molecular formula is C12H17NO3. The highest BCUT2D eigenvalue weighted by Gasteiger charge is 2.33. The van der Waals surface area contributed by atoms with Gasteiger partial charge in [0.1, 0.15) is 12.0 Å². The molecule has 0 spiro atoms. The predicted octanol–water partition coefficient (Wildman–Crippen LogP) is 2.07. The summed E-state index contributed by atoms with van der Waals surface area (Å²) in [4.78, 5) is 12.8. The van der Waals surface area contributed by atoms with E-state index in [-0.39, 0.29) is 5.56 Å². The van der Waals surface area contributed by atoms with Crippen LogP contribution >= 0.6 is 0 Å². The van der Waals surface area contributed by atoms with Gasteiger partial charge in [0, 0.05) is 6.54 Å². The van der Waals surface area contributed by atoms with Gasteiger partial charge in [0.25, 0.3) is 0 Å². The average molecular weight is 223 g/mol. The van der Waals surface area contributed by atoms with Gasteiger partial charge in [-0.15, -0.1) is 0 Å². The standard InChI is InChI=1S/C12H17NO3/c1-8-3-9(8)5-13(2)6-11-4-10(7-16-11)12(14)15/h4,7-9H,3,5-6H2,1-2H3,(H,14,15). The van der Waals surface area contributed by atoms with Gasteiger partial charge < -0.3 is 9.52 Å². The summed E-state index contributed by atoms with van der Waals surface area (Å²) in [5, 5.41) is 8.75. The van der Waals surface area contributed by atoms with Crippen LogP contribution in [-0.4, -0.2) is 29.6 Å². The van der Waals surface area contributed by atoms with Crippen LogP contribution in [0.3, 0.4) is 0 Å². The molecule has 2 atom stereocenters. The first-order chi connectivity index (χ1) is 7.56. The Hall–Kier alpha value is -1.29. The molecule has 16 heavy (non-hydrogen) atoms. The van der Waals surface area contributed by atoms with E-state index < -0.39 is 5.97 Å². The Kier molecular flexibility index (Phi) is 3.01. The van der Waals surface area contributed by atoms with E-state index in [1.165, 1.54) is 12.7 Å². The molecule has 0 aromatic carbocycles. The third-order valence-corrected chi connectivity index (χ3v) is 3.15. The van der Waals surface area contributed by atoms with E-state index in [0.29, 0.717) is 12.3 Å². The van der Waals surface area contributed by atoms with Gasteiger partial charge in [-0.25, -0.2) is 4.79 Å². The van der Waals surface area contributed by atoms with Crippen molar-refractivity contribution in [2.45, 2.75) is 19.9 Å². The minimum atomic E-state index is -0.937. The Morgan fingerprint density at radius 2 is 2.38 bits per heavy atom.